The van der Waals surface area contributed by atoms with E-state index in [-0.39, 0.29) is 18.2 Å². The van der Waals surface area contributed by atoms with Crippen LogP contribution >= 0.6 is 15.9 Å². The van der Waals surface area contributed by atoms with Gasteiger partial charge in [0.25, 0.3) is 5.91 Å². The Balaban J connectivity index is 1.82. The van der Waals surface area contributed by atoms with Crippen molar-refractivity contribution in [2.24, 2.45) is 0 Å². The van der Waals surface area contributed by atoms with E-state index in [1.807, 2.05) is 43.3 Å². The highest BCUT2D eigenvalue weighted by Crippen LogP contribution is 2.28. The van der Waals surface area contributed by atoms with Gasteiger partial charge in [-0.1, -0.05) is 29.8 Å². The standard InChI is InChI=1S/C17H15BrN2O2/c1-11-6-8-12(9-7-11)20-16(21)10-15(17(20)22)19-14-5-3-2-4-13(14)18/h2-9,15,19H,10H2,1H3/t15-/m1/s1. The maximum Gasteiger partial charge on any atom is 0.256 e. The van der Waals surface area contributed by atoms with Gasteiger partial charge in [0.15, 0.2) is 0 Å². The van der Waals surface area contributed by atoms with Crippen LogP contribution in [0.2, 0.25) is 0 Å². The van der Waals surface area contributed by atoms with Gasteiger partial charge in [-0.3, -0.25) is 9.59 Å². The molecule has 0 aromatic heterocycles. The van der Waals surface area contributed by atoms with Crippen LogP contribution in [0.15, 0.2) is 53.0 Å². The Kier molecular flexibility index (Phi) is 3.98. The number of rotatable bonds is 3. The summed E-state index contributed by atoms with van der Waals surface area (Å²) in [5.74, 6) is -0.400. The topological polar surface area (TPSA) is 49.4 Å². The lowest BCUT2D eigenvalue weighted by atomic mass is 10.2. The van der Waals surface area contributed by atoms with Crippen molar-refractivity contribution in [2.45, 2.75) is 19.4 Å². The van der Waals surface area contributed by atoms with E-state index in [9.17, 15) is 9.59 Å². The summed E-state index contributed by atoms with van der Waals surface area (Å²) in [5.41, 5.74) is 2.52. The third kappa shape index (κ3) is 2.76. The zero-order valence-electron chi connectivity index (χ0n) is 12.0. The number of carbonyl (C=O) groups is 2. The molecule has 1 saturated heterocycles. The predicted octanol–water partition coefficient (Wildman–Crippen LogP) is 3.50. The molecule has 2 aromatic carbocycles. The highest BCUT2D eigenvalue weighted by atomic mass is 79.9. The number of nitrogens with one attached hydrogen (secondary N) is 1. The SMILES string of the molecule is Cc1ccc(N2C(=O)C[C@@H](Nc3ccccc3Br)C2=O)cc1. The quantitative estimate of drug-likeness (QED) is 0.854. The van der Waals surface area contributed by atoms with Gasteiger partial charge in [-0.2, -0.15) is 0 Å². The Hall–Kier alpha value is -2.14. The van der Waals surface area contributed by atoms with Crippen molar-refractivity contribution in [1.82, 2.24) is 0 Å². The summed E-state index contributed by atoms with van der Waals surface area (Å²) in [6.07, 6.45) is 0.161. The van der Waals surface area contributed by atoms with E-state index in [4.69, 9.17) is 0 Å². The van der Waals surface area contributed by atoms with E-state index < -0.39 is 6.04 Å². The largest absolute Gasteiger partial charge is 0.372 e. The lowest BCUT2D eigenvalue weighted by molar-refractivity contribution is -0.121. The predicted molar refractivity (Wildman–Crippen MR) is 89.8 cm³/mol. The van der Waals surface area contributed by atoms with Crippen LogP contribution < -0.4 is 10.2 Å². The highest BCUT2D eigenvalue weighted by Gasteiger charge is 2.39. The summed E-state index contributed by atoms with van der Waals surface area (Å²) in [7, 11) is 0. The third-order valence-corrected chi connectivity index (χ3v) is 4.33. The molecule has 0 bridgehead atoms. The van der Waals surface area contributed by atoms with Crippen molar-refractivity contribution >= 4 is 39.1 Å². The Morgan fingerprint density at radius 2 is 1.77 bits per heavy atom. The van der Waals surface area contributed by atoms with Crippen molar-refractivity contribution < 1.29 is 9.59 Å². The molecule has 22 heavy (non-hydrogen) atoms. The fourth-order valence-electron chi connectivity index (χ4n) is 2.48. The van der Waals surface area contributed by atoms with E-state index >= 15 is 0 Å². The highest BCUT2D eigenvalue weighted by molar-refractivity contribution is 9.10. The lowest BCUT2D eigenvalue weighted by Gasteiger charge is -2.16. The fraction of sp³-hybridized carbons (Fsp3) is 0.176. The van der Waals surface area contributed by atoms with Crippen LogP contribution in [0, 0.1) is 6.92 Å². The zero-order chi connectivity index (χ0) is 15.7. The van der Waals surface area contributed by atoms with Crippen LogP contribution in [0.3, 0.4) is 0 Å². The maximum absolute atomic E-state index is 12.5. The van der Waals surface area contributed by atoms with E-state index in [1.54, 1.807) is 12.1 Å². The number of halogens is 1. The number of nitrogens with zero attached hydrogens (tertiary/aromatic N) is 1. The number of para-hydroxylation sites is 1. The molecule has 0 saturated carbocycles. The molecular weight excluding hydrogens is 344 g/mol. The minimum Gasteiger partial charge on any atom is -0.372 e. The van der Waals surface area contributed by atoms with E-state index in [0.717, 1.165) is 15.7 Å². The molecule has 0 spiro atoms. The molecule has 2 amide bonds. The van der Waals surface area contributed by atoms with Gasteiger partial charge in [0.2, 0.25) is 5.91 Å². The molecule has 4 nitrogen and oxygen atoms in total. The molecule has 0 radical (unpaired) electrons. The van der Waals surface area contributed by atoms with Gasteiger partial charge >= 0.3 is 0 Å². The molecular formula is C17H15BrN2O2. The number of hydrogen-bond donors (Lipinski definition) is 1. The summed E-state index contributed by atoms with van der Waals surface area (Å²) >= 11 is 3.43. The van der Waals surface area contributed by atoms with Gasteiger partial charge in [-0.05, 0) is 47.1 Å². The molecule has 1 aliphatic heterocycles. The van der Waals surface area contributed by atoms with Gasteiger partial charge in [-0.25, -0.2) is 4.90 Å². The average Bonchev–Trinajstić information content (AvgIpc) is 2.77. The molecule has 1 N–H and O–H groups in total. The first-order valence-electron chi connectivity index (χ1n) is 7.01. The van der Waals surface area contributed by atoms with Gasteiger partial charge < -0.3 is 5.32 Å². The maximum atomic E-state index is 12.5. The Morgan fingerprint density at radius 1 is 1.09 bits per heavy atom. The first kappa shape index (κ1) is 14.8. The van der Waals surface area contributed by atoms with Crippen molar-refractivity contribution in [2.75, 3.05) is 10.2 Å². The molecule has 5 heteroatoms. The minimum atomic E-state index is -0.535. The Bertz CT molecular complexity index is 728. The van der Waals surface area contributed by atoms with Gasteiger partial charge in [-0.15, -0.1) is 0 Å². The normalized spacial score (nSPS) is 17.9. The number of hydrogen-bond acceptors (Lipinski definition) is 3. The Labute approximate surface area is 137 Å². The van der Waals surface area contributed by atoms with Crippen molar-refractivity contribution in [1.29, 1.82) is 0 Å². The third-order valence-electron chi connectivity index (χ3n) is 3.64. The van der Waals surface area contributed by atoms with Crippen molar-refractivity contribution in [3.63, 3.8) is 0 Å². The lowest BCUT2D eigenvalue weighted by Crippen LogP contribution is -2.34. The van der Waals surface area contributed by atoms with Gasteiger partial charge in [0.05, 0.1) is 12.1 Å². The Morgan fingerprint density at radius 3 is 2.45 bits per heavy atom. The molecule has 1 aliphatic rings. The molecule has 0 unspecified atom stereocenters. The molecule has 1 fully saturated rings. The summed E-state index contributed by atoms with van der Waals surface area (Å²) in [6.45, 7) is 1.97. The number of amides is 2. The average molecular weight is 359 g/mol. The zero-order valence-corrected chi connectivity index (χ0v) is 13.6. The number of benzene rings is 2. The number of anilines is 2. The monoisotopic (exact) mass is 358 g/mol. The minimum absolute atomic E-state index is 0.161. The van der Waals surface area contributed by atoms with Gasteiger partial charge in [0.1, 0.15) is 6.04 Å². The van der Waals surface area contributed by atoms with Crippen LogP contribution in [0.1, 0.15) is 12.0 Å². The number of carbonyl (C=O) groups excluding carboxylic acids is 2. The van der Waals surface area contributed by atoms with Crippen LogP contribution in [-0.4, -0.2) is 17.9 Å². The number of imide groups is 1. The summed E-state index contributed by atoms with van der Waals surface area (Å²) in [4.78, 5) is 26.0. The summed E-state index contributed by atoms with van der Waals surface area (Å²) < 4.78 is 0.865. The van der Waals surface area contributed by atoms with Crippen molar-refractivity contribution in [3.05, 3.63) is 58.6 Å². The molecule has 0 aliphatic carbocycles. The van der Waals surface area contributed by atoms with Crippen LogP contribution in [0.5, 0.6) is 0 Å². The van der Waals surface area contributed by atoms with Crippen molar-refractivity contribution in [3.8, 4) is 0 Å². The van der Waals surface area contributed by atoms with E-state index in [0.29, 0.717) is 5.69 Å². The van der Waals surface area contributed by atoms with E-state index in [1.165, 1.54) is 4.90 Å². The van der Waals surface area contributed by atoms with E-state index in [2.05, 4.69) is 21.2 Å². The summed E-state index contributed by atoms with van der Waals surface area (Å²) in [6, 6.07) is 14.4. The first-order valence-corrected chi connectivity index (χ1v) is 7.80. The second-order valence-corrected chi connectivity index (χ2v) is 6.14. The second-order valence-electron chi connectivity index (χ2n) is 5.28. The van der Waals surface area contributed by atoms with Crippen LogP contribution in [0.4, 0.5) is 11.4 Å². The fourth-order valence-corrected chi connectivity index (χ4v) is 2.88. The van der Waals surface area contributed by atoms with Gasteiger partial charge in [0, 0.05) is 10.2 Å². The second kappa shape index (κ2) is 5.93. The first-order chi connectivity index (χ1) is 10.6. The number of aryl methyl sites for hydroxylation is 1. The molecule has 1 heterocycles. The van der Waals surface area contributed by atoms with Crippen LogP contribution in [0.25, 0.3) is 0 Å². The molecule has 2 aromatic rings. The molecule has 1 atom stereocenters. The molecule has 112 valence electrons. The van der Waals surface area contributed by atoms with Crippen LogP contribution in [-0.2, 0) is 9.59 Å². The summed E-state index contributed by atoms with van der Waals surface area (Å²) in [5, 5.41) is 3.14. The smallest absolute Gasteiger partial charge is 0.256 e. The molecule has 3 rings (SSSR count).